The fraction of sp³-hybridized carbons (Fsp3) is 0.400. The molecule has 1 aromatic carbocycles. The summed E-state index contributed by atoms with van der Waals surface area (Å²) in [6, 6.07) is 4.34. The minimum atomic E-state index is -0.283. The van der Waals surface area contributed by atoms with Crippen LogP contribution in [0.1, 0.15) is 6.92 Å². The van der Waals surface area contributed by atoms with Gasteiger partial charge < -0.3 is 4.74 Å². The summed E-state index contributed by atoms with van der Waals surface area (Å²) in [6.07, 6.45) is 0. The van der Waals surface area contributed by atoms with Gasteiger partial charge in [0, 0.05) is 11.8 Å². The van der Waals surface area contributed by atoms with Crippen LogP contribution in [0.15, 0.2) is 22.7 Å². The molecule has 1 atom stereocenters. The van der Waals surface area contributed by atoms with E-state index in [4.69, 9.17) is 16.3 Å². The quantitative estimate of drug-likeness (QED) is 0.762. The molecule has 0 aliphatic heterocycles. The normalized spacial score (nSPS) is 12.6. The SMILES string of the molecule is CC(CCl)COc1ccc(F)cc1Br. The average molecular weight is 282 g/mol. The molecule has 1 aromatic rings. The molecule has 0 amide bonds. The largest absolute Gasteiger partial charge is 0.492 e. The Morgan fingerprint density at radius 3 is 2.86 bits per heavy atom. The maximum atomic E-state index is 12.7. The summed E-state index contributed by atoms with van der Waals surface area (Å²) in [5, 5.41) is 0. The van der Waals surface area contributed by atoms with E-state index in [9.17, 15) is 4.39 Å². The Morgan fingerprint density at radius 2 is 2.29 bits per heavy atom. The fourth-order valence-electron chi connectivity index (χ4n) is 0.869. The van der Waals surface area contributed by atoms with Crippen molar-refractivity contribution in [2.75, 3.05) is 12.5 Å². The predicted molar refractivity (Wildman–Crippen MR) is 59.5 cm³/mol. The highest BCUT2D eigenvalue weighted by atomic mass is 79.9. The summed E-state index contributed by atoms with van der Waals surface area (Å²) in [4.78, 5) is 0. The highest BCUT2D eigenvalue weighted by Crippen LogP contribution is 2.25. The molecule has 0 heterocycles. The number of alkyl halides is 1. The molecule has 0 N–H and O–H groups in total. The molecule has 78 valence electrons. The molecule has 0 aliphatic rings. The fourth-order valence-corrected chi connectivity index (χ4v) is 1.42. The van der Waals surface area contributed by atoms with Crippen molar-refractivity contribution in [2.45, 2.75) is 6.92 Å². The lowest BCUT2D eigenvalue weighted by atomic mass is 10.2. The van der Waals surface area contributed by atoms with E-state index in [0.717, 1.165) is 0 Å². The smallest absolute Gasteiger partial charge is 0.133 e. The van der Waals surface area contributed by atoms with E-state index < -0.39 is 0 Å². The van der Waals surface area contributed by atoms with Gasteiger partial charge in [-0.2, -0.15) is 0 Å². The van der Waals surface area contributed by atoms with E-state index in [2.05, 4.69) is 15.9 Å². The molecule has 0 saturated heterocycles. The van der Waals surface area contributed by atoms with E-state index in [1.165, 1.54) is 12.1 Å². The first kappa shape index (κ1) is 11.8. The van der Waals surface area contributed by atoms with Crippen molar-refractivity contribution in [2.24, 2.45) is 5.92 Å². The summed E-state index contributed by atoms with van der Waals surface area (Å²) < 4.78 is 18.8. The third-order valence-electron chi connectivity index (χ3n) is 1.68. The molecule has 0 spiro atoms. The Hall–Kier alpha value is -0.280. The Labute approximate surface area is 96.3 Å². The van der Waals surface area contributed by atoms with Gasteiger partial charge in [-0.25, -0.2) is 4.39 Å². The third kappa shape index (κ3) is 3.46. The lowest BCUT2D eigenvalue weighted by molar-refractivity contribution is 0.271. The molecule has 1 rings (SSSR count). The molecule has 0 fully saturated rings. The molecule has 0 aliphatic carbocycles. The molecule has 0 aromatic heterocycles. The van der Waals surface area contributed by atoms with Gasteiger partial charge in [0.1, 0.15) is 11.6 Å². The lowest BCUT2D eigenvalue weighted by Crippen LogP contribution is -2.09. The molecule has 4 heteroatoms. The van der Waals surface area contributed by atoms with Gasteiger partial charge in [0.15, 0.2) is 0 Å². The molecule has 1 nitrogen and oxygen atoms in total. The molecule has 1 unspecified atom stereocenters. The first-order chi connectivity index (χ1) is 6.63. The minimum absolute atomic E-state index is 0.283. The van der Waals surface area contributed by atoms with Crippen molar-refractivity contribution in [3.8, 4) is 5.75 Å². The summed E-state index contributed by atoms with van der Waals surface area (Å²) in [7, 11) is 0. The van der Waals surface area contributed by atoms with Crippen molar-refractivity contribution in [1.29, 1.82) is 0 Å². The molecular weight excluding hydrogens is 270 g/mol. The van der Waals surface area contributed by atoms with Crippen LogP contribution in [0.4, 0.5) is 4.39 Å². The summed E-state index contributed by atoms with van der Waals surface area (Å²) in [6.45, 7) is 2.53. The summed E-state index contributed by atoms with van der Waals surface area (Å²) in [5.74, 6) is 1.20. The van der Waals surface area contributed by atoms with Gasteiger partial charge >= 0.3 is 0 Å². The van der Waals surface area contributed by atoms with Gasteiger partial charge in [-0.1, -0.05) is 6.92 Å². The van der Waals surface area contributed by atoms with E-state index >= 15 is 0 Å². The highest BCUT2D eigenvalue weighted by Gasteiger charge is 2.05. The Balaban J connectivity index is 2.59. The zero-order valence-electron chi connectivity index (χ0n) is 7.77. The Morgan fingerprint density at radius 1 is 1.57 bits per heavy atom. The van der Waals surface area contributed by atoms with E-state index in [0.29, 0.717) is 22.7 Å². The van der Waals surface area contributed by atoms with Crippen molar-refractivity contribution in [1.82, 2.24) is 0 Å². The van der Waals surface area contributed by atoms with E-state index in [1.54, 1.807) is 6.07 Å². The topological polar surface area (TPSA) is 9.23 Å². The van der Waals surface area contributed by atoms with Gasteiger partial charge in [-0.3, -0.25) is 0 Å². The Bertz CT molecular complexity index is 306. The van der Waals surface area contributed by atoms with E-state index in [-0.39, 0.29) is 11.7 Å². The second kappa shape index (κ2) is 5.56. The summed E-state index contributed by atoms with van der Waals surface area (Å²) >= 11 is 8.85. The second-order valence-electron chi connectivity index (χ2n) is 3.15. The number of hydrogen-bond donors (Lipinski definition) is 0. The van der Waals surface area contributed by atoms with Crippen molar-refractivity contribution in [3.05, 3.63) is 28.5 Å². The maximum Gasteiger partial charge on any atom is 0.133 e. The van der Waals surface area contributed by atoms with Gasteiger partial charge in [-0.05, 0) is 34.1 Å². The summed E-state index contributed by atoms with van der Waals surface area (Å²) in [5.41, 5.74) is 0. The van der Waals surface area contributed by atoms with Crippen LogP contribution in [0.2, 0.25) is 0 Å². The molecular formula is C10H11BrClFO. The second-order valence-corrected chi connectivity index (χ2v) is 4.31. The first-order valence-electron chi connectivity index (χ1n) is 4.27. The Kier molecular flexibility index (Phi) is 4.69. The monoisotopic (exact) mass is 280 g/mol. The van der Waals surface area contributed by atoms with Crippen molar-refractivity contribution in [3.63, 3.8) is 0 Å². The number of rotatable bonds is 4. The zero-order valence-corrected chi connectivity index (χ0v) is 10.1. The number of halogens is 3. The van der Waals surface area contributed by atoms with Gasteiger partial charge in [0.05, 0.1) is 11.1 Å². The van der Waals surface area contributed by atoms with Crippen LogP contribution in [0, 0.1) is 11.7 Å². The van der Waals surface area contributed by atoms with Crippen molar-refractivity contribution < 1.29 is 9.13 Å². The van der Waals surface area contributed by atoms with Crippen LogP contribution in [0.3, 0.4) is 0 Å². The van der Waals surface area contributed by atoms with Crippen LogP contribution in [-0.4, -0.2) is 12.5 Å². The highest BCUT2D eigenvalue weighted by molar-refractivity contribution is 9.10. The minimum Gasteiger partial charge on any atom is -0.492 e. The van der Waals surface area contributed by atoms with Gasteiger partial charge in [0.25, 0.3) is 0 Å². The average Bonchev–Trinajstić information content (AvgIpc) is 2.16. The van der Waals surface area contributed by atoms with Crippen LogP contribution >= 0.6 is 27.5 Å². The van der Waals surface area contributed by atoms with Crippen LogP contribution < -0.4 is 4.74 Å². The third-order valence-corrected chi connectivity index (χ3v) is 2.83. The lowest BCUT2D eigenvalue weighted by Gasteiger charge is -2.11. The van der Waals surface area contributed by atoms with Crippen LogP contribution in [-0.2, 0) is 0 Å². The van der Waals surface area contributed by atoms with Crippen LogP contribution in [0.5, 0.6) is 5.75 Å². The van der Waals surface area contributed by atoms with E-state index in [1.807, 2.05) is 6.92 Å². The zero-order chi connectivity index (χ0) is 10.6. The predicted octanol–water partition coefficient (Wildman–Crippen LogP) is 3.84. The molecule has 0 saturated carbocycles. The van der Waals surface area contributed by atoms with Gasteiger partial charge in [0.2, 0.25) is 0 Å². The number of ether oxygens (including phenoxy) is 1. The van der Waals surface area contributed by atoms with Crippen LogP contribution in [0.25, 0.3) is 0 Å². The molecule has 0 radical (unpaired) electrons. The van der Waals surface area contributed by atoms with Gasteiger partial charge in [-0.15, -0.1) is 11.6 Å². The number of hydrogen-bond acceptors (Lipinski definition) is 1. The standard InChI is InChI=1S/C10H11BrClFO/c1-7(5-12)6-14-10-3-2-8(13)4-9(10)11/h2-4,7H,5-6H2,1H3. The first-order valence-corrected chi connectivity index (χ1v) is 5.60. The molecule has 14 heavy (non-hydrogen) atoms. The molecule has 0 bridgehead atoms. The number of benzene rings is 1. The maximum absolute atomic E-state index is 12.7. The van der Waals surface area contributed by atoms with Crippen molar-refractivity contribution >= 4 is 27.5 Å².